The molecule has 0 aliphatic carbocycles. The normalized spacial score (nSPS) is 10.7. The van der Waals surface area contributed by atoms with Crippen LogP contribution in [0.3, 0.4) is 0 Å². The Kier molecular flexibility index (Phi) is 5.14. The average molecular weight is 334 g/mol. The van der Waals surface area contributed by atoms with Crippen molar-refractivity contribution >= 4 is 17.3 Å². The van der Waals surface area contributed by atoms with Crippen molar-refractivity contribution in [3.63, 3.8) is 0 Å². The van der Waals surface area contributed by atoms with E-state index in [-0.39, 0.29) is 18.5 Å². The lowest BCUT2D eigenvalue weighted by atomic mass is 10.2. The number of nitrogens with zero attached hydrogens (tertiary/aromatic N) is 3. The van der Waals surface area contributed by atoms with E-state index in [1.165, 1.54) is 0 Å². The Hall–Kier alpha value is -3.08. The molecule has 3 aromatic rings. The van der Waals surface area contributed by atoms with Crippen molar-refractivity contribution in [2.45, 2.75) is 19.9 Å². The van der Waals surface area contributed by atoms with Crippen LogP contribution < -0.4 is 10.2 Å². The molecule has 1 heterocycles. The van der Waals surface area contributed by atoms with Gasteiger partial charge >= 0.3 is 0 Å². The molecule has 2 aromatic carbocycles. The molecular weight excluding hydrogens is 312 g/mol. The third-order valence-electron chi connectivity index (χ3n) is 3.90. The van der Waals surface area contributed by atoms with Gasteiger partial charge in [0.15, 0.2) is 0 Å². The summed E-state index contributed by atoms with van der Waals surface area (Å²) in [7, 11) is 0. The topological polar surface area (TPSA) is 50.2 Å². The quantitative estimate of drug-likeness (QED) is 0.747. The van der Waals surface area contributed by atoms with Crippen LogP contribution in [0.1, 0.15) is 13.8 Å². The number of anilines is 2. The molecule has 0 bridgehead atoms. The number of amides is 1. The van der Waals surface area contributed by atoms with Gasteiger partial charge in [-0.3, -0.25) is 4.79 Å². The number of hydrogen-bond donors (Lipinski definition) is 1. The monoisotopic (exact) mass is 334 g/mol. The standard InChI is InChI=1S/C20H22N4O/c1-16(2)24(17-9-4-3-5-10-17)20(25)15-21-18-11-6-7-12-19(18)23-14-8-13-22-23/h3-14,16,21H,15H2,1-2H3. The van der Waals surface area contributed by atoms with Crippen LogP contribution in [0.25, 0.3) is 5.69 Å². The SMILES string of the molecule is CC(C)N(C(=O)CNc1ccccc1-n1cccn1)c1ccccc1. The van der Waals surface area contributed by atoms with Gasteiger partial charge in [0.05, 0.1) is 17.9 Å². The molecule has 0 saturated heterocycles. The Morgan fingerprint density at radius 1 is 1.08 bits per heavy atom. The minimum atomic E-state index is 0.0245. The van der Waals surface area contributed by atoms with E-state index < -0.39 is 0 Å². The number of carbonyl (C=O) groups excluding carboxylic acids is 1. The second-order valence-corrected chi connectivity index (χ2v) is 6.01. The first-order chi connectivity index (χ1) is 12.2. The van der Waals surface area contributed by atoms with Gasteiger partial charge in [0.25, 0.3) is 0 Å². The Bertz CT molecular complexity index is 813. The predicted molar refractivity (Wildman–Crippen MR) is 101 cm³/mol. The summed E-state index contributed by atoms with van der Waals surface area (Å²) in [5.41, 5.74) is 2.69. The lowest BCUT2D eigenvalue weighted by molar-refractivity contribution is -0.117. The van der Waals surface area contributed by atoms with E-state index in [0.717, 1.165) is 17.1 Å². The van der Waals surface area contributed by atoms with Gasteiger partial charge in [0.1, 0.15) is 0 Å². The molecule has 5 nitrogen and oxygen atoms in total. The van der Waals surface area contributed by atoms with Crippen molar-refractivity contribution in [2.75, 3.05) is 16.8 Å². The van der Waals surface area contributed by atoms with Gasteiger partial charge in [-0.15, -0.1) is 0 Å². The van der Waals surface area contributed by atoms with Crippen LogP contribution in [-0.2, 0) is 4.79 Å². The fraction of sp³-hybridized carbons (Fsp3) is 0.200. The van der Waals surface area contributed by atoms with E-state index in [9.17, 15) is 4.79 Å². The van der Waals surface area contributed by atoms with E-state index in [0.29, 0.717) is 0 Å². The fourth-order valence-corrected chi connectivity index (χ4v) is 2.81. The zero-order valence-corrected chi connectivity index (χ0v) is 14.5. The number of benzene rings is 2. The maximum absolute atomic E-state index is 12.8. The lowest BCUT2D eigenvalue weighted by Gasteiger charge is -2.27. The van der Waals surface area contributed by atoms with Crippen molar-refractivity contribution in [3.05, 3.63) is 73.1 Å². The number of hydrogen-bond acceptors (Lipinski definition) is 3. The number of nitrogens with one attached hydrogen (secondary N) is 1. The molecule has 0 saturated carbocycles. The summed E-state index contributed by atoms with van der Waals surface area (Å²) in [5.74, 6) is 0.0245. The van der Waals surface area contributed by atoms with Crippen LogP contribution >= 0.6 is 0 Å². The van der Waals surface area contributed by atoms with Gasteiger partial charge in [-0.2, -0.15) is 5.10 Å². The van der Waals surface area contributed by atoms with Crippen molar-refractivity contribution in [2.24, 2.45) is 0 Å². The molecule has 5 heteroatoms. The number of para-hydroxylation sites is 3. The summed E-state index contributed by atoms with van der Waals surface area (Å²) in [6.45, 7) is 4.25. The molecule has 0 aliphatic heterocycles. The van der Waals surface area contributed by atoms with Crippen LogP contribution in [0.5, 0.6) is 0 Å². The zero-order valence-electron chi connectivity index (χ0n) is 14.5. The van der Waals surface area contributed by atoms with Crippen molar-refractivity contribution in [1.29, 1.82) is 0 Å². The first-order valence-corrected chi connectivity index (χ1v) is 8.37. The number of rotatable bonds is 6. The first kappa shape index (κ1) is 16.8. The minimum absolute atomic E-state index is 0.0245. The van der Waals surface area contributed by atoms with Crippen LogP contribution in [0.4, 0.5) is 11.4 Å². The van der Waals surface area contributed by atoms with Crippen LogP contribution in [0.2, 0.25) is 0 Å². The molecule has 1 aromatic heterocycles. The lowest BCUT2D eigenvalue weighted by Crippen LogP contribution is -2.40. The second kappa shape index (κ2) is 7.66. The molecule has 1 amide bonds. The maximum atomic E-state index is 12.8. The maximum Gasteiger partial charge on any atom is 0.246 e. The largest absolute Gasteiger partial charge is 0.374 e. The molecule has 0 aliphatic rings. The Morgan fingerprint density at radius 3 is 2.48 bits per heavy atom. The number of carbonyl (C=O) groups is 1. The Balaban J connectivity index is 1.76. The summed E-state index contributed by atoms with van der Waals surface area (Å²) < 4.78 is 1.78. The molecular formula is C20H22N4O. The highest BCUT2D eigenvalue weighted by Crippen LogP contribution is 2.20. The highest BCUT2D eigenvalue weighted by molar-refractivity contribution is 5.96. The van der Waals surface area contributed by atoms with E-state index in [4.69, 9.17) is 0 Å². The van der Waals surface area contributed by atoms with Crippen LogP contribution in [0.15, 0.2) is 73.1 Å². The van der Waals surface area contributed by atoms with Crippen molar-refractivity contribution < 1.29 is 4.79 Å². The summed E-state index contributed by atoms with van der Waals surface area (Å²) in [6.07, 6.45) is 3.62. The van der Waals surface area contributed by atoms with Gasteiger partial charge in [0.2, 0.25) is 5.91 Å². The smallest absolute Gasteiger partial charge is 0.246 e. The molecule has 128 valence electrons. The van der Waals surface area contributed by atoms with Crippen LogP contribution in [-0.4, -0.2) is 28.3 Å². The zero-order chi connectivity index (χ0) is 17.6. The minimum Gasteiger partial charge on any atom is -0.374 e. The van der Waals surface area contributed by atoms with E-state index >= 15 is 0 Å². The highest BCUT2D eigenvalue weighted by atomic mass is 16.2. The number of aromatic nitrogens is 2. The van der Waals surface area contributed by atoms with Gasteiger partial charge in [-0.25, -0.2) is 4.68 Å². The average Bonchev–Trinajstić information content (AvgIpc) is 3.15. The summed E-state index contributed by atoms with van der Waals surface area (Å²) in [4.78, 5) is 14.6. The third kappa shape index (κ3) is 3.88. The molecule has 0 radical (unpaired) electrons. The molecule has 0 atom stereocenters. The van der Waals surface area contributed by atoms with Gasteiger partial charge in [-0.1, -0.05) is 30.3 Å². The summed E-state index contributed by atoms with van der Waals surface area (Å²) in [6, 6.07) is 19.5. The molecule has 25 heavy (non-hydrogen) atoms. The first-order valence-electron chi connectivity index (χ1n) is 8.37. The van der Waals surface area contributed by atoms with Crippen molar-refractivity contribution in [3.8, 4) is 5.69 Å². The molecule has 0 fully saturated rings. The summed E-state index contributed by atoms with van der Waals surface area (Å²) >= 11 is 0. The highest BCUT2D eigenvalue weighted by Gasteiger charge is 2.18. The van der Waals surface area contributed by atoms with Gasteiger partial charge in [0, 0.05) is 24.1 Å². The molecule has 3 rings (SSSR count). The third-order valence-corrected chi connectivity index (χ3v) is 3.90. The predicted octanol–water partition coefficient (Wildman–Crippen LogP) is 3.73. The Morgan fingerprint density at radius 2 is 1.80 bits per heavy atom. The van der Waals surface area contributed by atoms with Gasteiger partial charge in [-0.05, 0) is 44.2 Å². The van der Waals surface area contributed by atoms with Crippen LogP contribution in [0, 0.1) is 0 Å². The summed E-state index contributed by atoms with van der Waals surface area (Å²) in [5, 5.41) is 7.52. The molecule has 0 spiro atoms. The van der Waals surface area contributed by atoms with E-state index in [1.54, 1.807) is 10.9 Å². The van der Waals surface area contributed by atoms with E-state index in [2.05, 4.69) is 10.4 Å². The van der Waals surface area contributed by atoms with Gasteiger partial charge < -0.3 is 10.2 Å². The Labute approximate surface area is 147 Å². The second-order valence-electron chi connectivity index (χ2n) is 6.01. The molecule has 1 N–H and O–H groups in total. The van der Waals surface area contributed by atoms with Crippen molar-refractivity contribution in [1.82, 2.24) is 9.78 Å². The van der Waals surface area contributed by atoms with E-state index in [1.807, 2.05) is 85.6 Å². The molecule has 0 unspecified atom stereocenters. The fourth-order valence-electron chi connectivity index (χ4n) is 2.81.